The molecule has 0 radical (unpaired) electrons. The zero-order valence-electron chi connectivity index (χ0n) is 12.7. The molecule has 1 aliphatic heterocycles. The standard InChI is InChI=1S/C17H17F2N3S/c1-17(6-8-23-16(20)22-17)12-9-11(4-5-13(12)18)10-15-14(19)3-2-7-21-15/h2-5,7,9H,6,8,10H2,1H3,(H2,20,22)/t17-/m0/s1. The van der Waals surface area contributed by atoms with E-state index in [9.17, 15) is 8.78 Å². The normalized spacial score (nSPS) is 21.1. The van der Waals surface area contributed by atoms with Crippen LogP contribution in [0.25, 0.3) is 0 Å². The molecule has 2 N–H and O–H groups in total. The van der Waals surface area contributed by atoms with Gasteiger partial charge in [0.15, 0.2) is 5.17 Å². The number of benzene rings is 1. The molecule has 1 aromatic heterocycles. The zero-order valence-corrected chi connectivity index (χ0v) is 13.5. The first-order chi connectivity index (χ1) is 11.0. The first-order valence-corrected chi connectivity index (χ1v) is 8.33. The predicted octanol–water partition coefficient (Wildman–Crippen LogP) is 3.62. The maximum Gasteiger partial charge on any atom is 0.154 e. The number of rotatable bonds is 3. The van der Waals surface area contributed by atoms with Crippen molar-refractivity contribution in [2.24, 2.45) is 10.7 Å². The summed E-state index contributed by atoms with van der Waals surface area (Å²) in [7, 11) is 0. The van der Waals surface area contributed by atoms with Crippen molar-refractivity contribution in [3.63, 3.8) is 0 Å². The van der Waals surface area contributed by atoms with Crippen molar-refractivity contribution in [1.29, 1.82) is 0 Å². The number of nitrogens with zero attached hydrogens (tertiary/aromatic N) is 2. The fourth-order valence-electron chi connectivity index (χ4n) is 2.72. The minimum Gasteiger partial charge on any atom is -0.379 e. The average molecular weight is 333 g/mol. The van der Waals surface area contributed by atoms with E-state index < -0.39 is 5.54 Å². The molecule has 3 rings (SSSR count). The smallest absolute Gasteiger partial charge is 0.154 e. The maximum atomic E-state index is 14.3. The van der Waals surface area contributed by atoms with Crippen LogP contribution in [0.5, 0.6) is 0 Å². The highest BCUT2D eigenvalue weighted by Gasteiger charge is 2.32. The molecule has 0 aliphatic carbocycles. The third kappa shape index (κ3) is 3.37. The summed E-state index contributed by atoms with van der Waals surface area (Å²) >= 11 is 1.48. The molecule has 0 saturated carbocycles. The monoisotopic (exact) mass is 333 g/mol. The van der Waals surface area contributed by atoms with E-state index in [1.807, 2.05) is 6.92 Å². The number of aromatic nitrogens is 1. The van der Waals surface area contributed by atoms with Crippen LogP contribution in [0.4, 0.5) is 8.78 Å². The lowest BCUT2D eigenvalue weighted by atomic mass is 9.87. The van der Waals surface area contributed by atoms with E-state index in [0.29, 0.717) is 29.3 Å². The summed E-state index contributed by atoms with van der Waals surface area (Å²) in [4.78, 5) is 8.49. The molecular formula is C17H17F2N3S. The Morgan fingerprint density at radius 2 is 2.09 bits per heavy atom. The molecule has 0 spiro atoms. The quantitative estimate of drug-likeness (QED) is 0.933. The Kier molecular flexibility index (Phi) is 4.35. The highest BCUT2D eigenvalue weighted by molar-refractivity contribution is 8.13. The molecule has 3 nitrogen and oxygen atoms in total. The van der Waals surface area contributed by atoms with Crippen LogP contribution < -0.4 is 5.73 Å². The SMILES string of the molecule is C[C@@]1(c2cc(Cc3ncccc3F)ccc2F)CCSC(N)=N1. The Morgan fingerprint density at radius 1 is 1.26 bits per heavy atom. The number of amidine groups is 1. The molecule has 6 heteroatoms. The lowest BCUT2D eigenvalue weighted by Crippen LogP contribution is -2.29. The number of nitrogens with two attached hydrogens (primary N) is 1. The second kappa shape index (κ2) is 6.28. The van der Waals surface area contributed by atoms with Gasteiger partial charge in [-0.2, -0.15) is 0 Å². The number of hydrogen-bond acceptors (Lipinski definition) is 4. The molecule has 1 aliphatic rings. The van der Waals surface area contributed by atoms with E-state index in [-0.39, 0.29) is 11.6 Å². The van der Waals surface area contributed by atoms with Crippen molar-refractivity contribution < 1.29 is 8.78 Å². The number of thioether (sulfide) groups is 1. The Bertz CT molecular complexity index is 763. The van der Waals surface area contributed by atoms with Gasteiger partial charge >= 0.3 is 0 Å². The molecule has 1 aromatic carbocycles. The van der Waals surface area contributed by atoms with Crippen LogP contribution >= 0.6 is 11.8 Å². The van der Waals surface area contributed by atoms with Crippen molar-refractivity contribution in [3.05, 3.63) is 65.0 Å². The molecule has 0 bridgehead atoms. The lowest BCUT2D eigenvalue weighted by molar-refractivity contribution is 0.449. The van der Waals surface area contributed by atoms with Crippen LogP contribution in [0.2, 0.25) is 0 Å². The summed E-state index contributed by atoms with van der Waals surface area (Å²) in [5.74, 6) is 0.117. The van der Waals surface area contributed by atoms with Gasteiger partial charge in [-0.15, -0.1) is 0 Å². The Balaban J connectivity index is 1.97. The fourth-order valence-corrected chi connectivity index (χ4v) is 3.69. The van der Waals surface area contributed by atoms with Crippen molar-refractivity contribution in [1.82, 2.24) is 4.98 Å². The molecule has 2 aromatic rings. The lowest BCUT2D eigenvalue weighted by Gasteiger charge is -2.30. The van der Waals surface area contributed by atoms with Crippen molar-refractivity contribution >= 4 is 16.9 Å². The van der Waals surface area contributed by atoms with Gasteiger partial charge in [-0.1, -0.05) is 23.9 Å². The van der Waals surface area contributed by atoms with E-state index in [0.717, 1.165) is 11.3 Å². The molecular weight excluding hydrogens is 316 g/mol. The van der Waals surface area contributed by atoms with Gasteiger partial charge in [0.05, 0.1) is 11.2 Å². The number of hydrogen-bond donors (Lipinski definition) is 1. The molecule has 1 atom stereocenters. The Labute approximate surface area is 138 Å². The van der Waals surface area contributed by atoms with Gasteiger partial charge in [-0.25, -0.2) is 8.78 Å². The van der Waals surface area contributed by atoms with E-state index >= 15 is 0 Å². The van der Waals surface area contributed by atoms with Crippen LogP contribution in [0.15, 0.2) is 41.5 Å². The summed E-state index contributed by atoms with van der Waals surface area (Å²) in [6.45, 7) is 1.88. The fraction of sp³-hybridized carbons (Fsp3) is 0.294. The van der Waals surface area contributed by atoms with Crippen molar-refractivity contribution in [3.8, 4) is 0 Å². The van der Waals surface area contributed by atoms with Gasteiger partial charge in [0, 0.05) is 23.9 Å². The minimum atomic E-state index is -0.682. The van der Waals surface area contributed by atoms with Gasteiger partial charge in [-0.3, -0.25) is 9.98 Å². The average Bonchev–Trinajstić information content (AvgIpc) is 2.51. The van der Waals surface area contributed by atoms with E-state index in [1.54, 1.807) is 24.4 Å². The summed E-state index contributed by atoms with van der Waals surface area (Å²) in [5, 5.41) is 0.472. The third-order valence-corrected chi connectivity index (χ3v) is 4.81. The van der Waals surface area contributed by atoms with Gasteiger partial charge in [0.25, 0.3) is 0 Å². The largest absolute Gasteiger partial charge is 0.379 e. The van der Waals surface area contributed by atoms with Crippen LogP contribution in [0.3, 0.4) is 0 Å². The highest BCUT2D eigenvalue weighted by atomic mass is 32.2. The molecule has 120 valence electrons. The first-order valence-electron chi connectivity index (χ1n) is 7.34. The van der Waals surface area contributed by atoms with Crippen molar-refractivity contribution in [2.45, 2.75) is 25.3 Å². The van der Waals surface area contributed by atoms with Crippen LogP contribution in [0, 0.1) is 11.6 Å². The molecule has 0 unspecified atom stereocenters. The summed E-state index contributed by atoms with van der Waals surface area (Å²) in [6, 6.07) is 7.73. The van der Waals surface area contributed by atoms with Crippen LogP contribution in [-0.4, -0.2) is 15.9 Å². The second-order valence-electron chi connectivity index (χ2n) is 5.75. The molecule has 0 amide bonds. The molecule has 0 saturated heterocycles. The van der Waals surface area contributed by atoms with Gasteiger partial charge in [0.1, 0.15) is 11.6 Å². The van der Waals surface area contributed by atoms with Gasteiger partial charge < -0.3 is 5.73 Å². The van der Waals surface area contributed by atoms with Gasteiger partial charge in [0.2, 0.25) is 0 Å². The maximum absolute atomic E-state index is 14.3. The highest BCUT2D eigenvalue weighted by Crippen LogP contribution is 2.36. The zero-order chi connectivity index (χ0) is 16.4. The molecule has 2 heterocycles. The van der Waals surface area contributed by atoms with E-state index in [4.69, 9.17) is 5.73 Å². The Morgan fingerprint density at radius 3 is 2.83 bits per heavy atom. The van der Waals surface area contributed by atoms with Gasteiger partial charge in [-0.05, 0) is 37.1 Å². The predicted molar refractivity (Wildman–Crippen MR) is 89.5 cm³/mol. The number of halogens is 2. The van der Waals surface area contributed by atoms with Crippen molar-refractivity contribution in [2.75, 3.05) is 5.75 Å². The minimum absolute atomic E-state index is 0.310. The number of aliphatic imine (C=N–C) groups is 1. The topological polar surface area (TPSA) is 51.3 Å². The summed E-state index contributed by atoms with van der Waals surface area (Å²) < 4.78 is 28.1. The second-order valence-corrected chi connectivity index (χ2v) is 6.86. The third-order valence-electron chi connectivity index (χ3n) is 4.01. The number of pyridine rings is 1. The molecule has 0 fully saturated rings. The van der Waals surface area contributed by atoms with Crippen LogP contribution in [0.1, 0.15) is 30.2 Å². The molecule has 23 heavy (non-hydrogen) atoms. The Hall–Kier alpha value is -1.95. The van der Waals surface area contributed by atoms with Crippen LogP contribution in [-0.2, 0) is 12.0 Å². The first kappa shape index (κ1) is 15.9. The van der Waals surface area contributed by atoms with E-state index in [2.05, 4.69) is 9.98 Å². The summed E-state index contributed by atoms with van der Waals surface area (Å²) in [6.07, 6.45) is 2.56. The van der Waals surface area contributed by atoms with E-state index in [1.165, 1.54) is 23.9 Å². The summed E-state index contributed by atoms with van der Waals surface area (Å²) in [5.41, 5.74) is 6.77.